The van der Waals surface area contributed by atoms with E-state index in [4.69, 9.17) is 0 Å². The monoisotopic (exact) mass is 363 g/mol. The average molecular weight is 364 g/mol. The molecule has 2 rings (SSSR count). The van der Waals surface area contributed by atoms with E-state index in [1.807, 2.05) is 56.9 Å². The minimum atomic E-state index is 0.151. The molecule has 1 heterocycles. The van der Waals surface area contributed by atoms with Gasteiger partial charge in [-0.1, -0.05) is 34.1 Å². The van der Waals surface area contributed by atoms with E-state index in [0.29, 0.717) is 13.0 Å². The van der Waals surface area contributed by atoms with Crippen LogP contribution in [0.5, 0.6) is 0 Å². The maximum Gasteiger partial charge on any atom is 0.222 e. The van der Waals surface area contributed by atoms with Gasteiger partial charge in [-0.2, -0.15) is 5.10 Å². The number of halogens is 1. The van der Waals surface area contributed by atoms with E-state index in [0.717, 1.165) is 27.8 Å². The Kier molecular flexibility index (Phi) is 5.40. The van der Waals surface area contributed by atoms with Gasteiger partial charge < -0.3 is 4.90 Å². The third kappa shape index (κ3) is 3.77. The first-order valence-corrected chi connectivity index (χ1v) is 8.16. The topological polar surface area (TPSA) is 38.1 Å². The van der Waals surface area contributed by atoms with Crippen molar-refractivity contribution in [3.05, 3.63) is 51.3 Å². The summed E-state index contributed by atoms with van der Waals surface area (Å²) in [4.78, 5) is 14.1. The maximum atomic E-state index is 12.3. The summed E-state index contributed by atoms with van der Waals surface area (Å²) >= 11 is 3.52. The van der Waals surface area contributed by atoms with Crippen molar-refractivity contribution in [1.29, 1.82) is 0 Å². The highest BCUT2D eigenvalue weighted by Crippen LogP contribution is 2.18. The molecule has 1 amide bonds. The molecule has 0 N–H and O–H groups in total. The number of carbonyl (C=O) groups excluding carboxylic acids is 1. The van der Waals surface area contributed by atoms with Crippen LogP contribution in [-0.2, 0) is 24.8 Å². The largest absolute Gasteiger partial charge is 0.341 e. The lowest BCUT2D eigenvalue weighted by Crippen LogP contribution is -2.26. The van der Waals surface area contributed by atoms with Gasteiger partial charge in [0.2, 0.25) is 5.91 Å². The number of carbonyl (C=O) groups is 1. The summed E-state index contributed by atoms with van der Waals surface area (Å²) in [6, 6.07) is 7.99. The van der Waals surface area contributed by atoms with Crippen LogP contribution in [0.25, 0.3) is 0 Å². The lowest BCUT2D eigenvalue weighted by molar-refractivity contribution is -0.130. The molecule has 0 aliphatic carbocycles. The molecule has 5 heteroatoms. The Morgan fingerprint density at radius 3 is 2.59 bits per heavy atom. The number of aromatic nitrogens is 2. The van der Waals surface area contributed by atoms with Crippen LogP contribution >= 0.6 is 15.9 Å². The first kappa shape index (κ1) is 16.7. The fourth-order valence-electron chi connectivity index (χ4n) is 2.57. The third-order valence-electron chi connectivity index (χ3n) is 4.04. The zero-order valence-electron chi connectivity index (χ0n) is 13.6. The van der Waals surface area contributed by atoms with Crippen LogP contribution in [0.15, 0.2) is 28.7 Å². The van der Waals surface area contributed by atoms with Crippen LogP contribution in [0.4, 0.5) is 0 Å². The van der Waals surface area contributed by atoms with E-state index < -0.39 is 0 Å². The van der Waals surface area contributed by atoms with Gasteiger partial charge in [-0.3, -0.25) is 9.48 Å². The summed E-state index contributed by atoms with van der Waals surface area (Å²) in [6.45, 7) is 4.66. The Morgan fingerprint density at radius 1 is 1.32 bits per heavy atom. The predicted molar refractivity (Wildman–Crippen MR) is 91.6 cm³/mol. The second kappa shape index (κ2) is 7.09. The van der Waals surface area contributed by atoms with Gasteiger partial charge in [-0.15, -0.1) is 0 Å². The normalized spacial score (nSPS) is 10.8. The van der Waals surface area contributed by atoms with Crippen molar-refractivity contribution < 1.29 is 4.79 Å². The zero-order valence-corrected chi connectivity index (χ0v) is 15.1. The van der Waals surface area contributed by atoms with Crippen molar-refractivity contribution in [2.45, 2.75) is 33.2 Å². The van der Waals surface area contributed by atoms with Crippen molar-refractivity contribution in [1.82, 2.24) is 14.7 Å². The van der Waals surface area contributed by atoms with Crippen LogP contribution in [0.2, 0.25) is 0 Å². The highest BCUT2D eigenvalue weighted by molar-refractivity contribution is 9.10. The smallest absolute Gasteiger partial charge is 0.222 e. The summed E-state index contributed by atoms with van der Waals surface area (Å²) < 4.78 is 2.91. The molecule has 22 heavy (non-hydrogen) atoms. The van der Waals surface area contributed by atoms with E-state index in [1.54, 1.807) is 4.90 Å². The van der Waals surface area contributed by atoms with E-state index in [-0.39, 0.29) is 5.91 Å². The molecule has 0 unspecified atom stereocenters. The van der Waals surface area contributed by atoms with Crippen LogP contribution in [0.3, 0.4) is 0 Å². The number of benzene rings is 1. The highest BCUT2D eigenvalue weighted by atomic mass is 79.9. The van der Waals surface area contributed by atoms with Gasteiger partial charge in [0.15, 0.2) is 0 Å². The van der Waals surface area contributed by atoms with Crippen LogP contribution in [0.1, 0.15) is 28.9 Å². The van der Waals surface area contributed by atoms with Crippen molar-refractivity contribution in [3.8, 4) is 0 Å². The van der Waals surface area contributed by atoms with E-state index >= 15 is 0 Å². The molecule has 118 valence electrons. The number of amides is 1. The molecule has 0 bridgehead atoms. The summed E-state index contributed by atoms with van der Waals surface area (Å²) in [5.74, 6) is 0.151. The second-order valence-electron chi connectivity index (χ2n) is 5.61. The first-order chi connectivity index (χ1) is 10.4. The average Bonchev–Trinajstić information content (AvgIpc) is 2.72. The van der Waals surface area contributed by atoms with Gasteiger partial charge in [0.25, 0.3) is 0 Å². The van der Waals surface area contributed by atoms with Crippen molar-refractivity contribution in [2.75, 3.05) is 7.05 Å². The lowest BCUT2D eigenvalue weighted by Gasteiger charge is -2.18. The Morgan fingerprint density at radius 2 is 2.00 bits per heavy atom. The molecule has 0 atom stereocenters. The summed E-state index contributed by atoms with van der Waals surface area (Å²) in [5.41, 5.74) is 4.46. The van der Waals surface area contributed by atoms with Gasteiger partial charge in [0, 0.05) is 37.2 Å². The van der Waals surface area contributed by atoms with E-state index in [2.05, 4.69) is 21.0 Å². The minimum absolute atomic E-state index is 0.151. The molecule has 1 aromatic carbocycles. The standard InChI is InChI=1S/C17H22BrN3O/c1-12-15(13(2)21(4)19-12)9-10-17(22)20(3)11-14-7-5-6-8-16(14)18/h5-8H,9-11H2,1-4H3. The lowest BCUT2D eigenvalue weighted by atomic mass is 10.1. The molecule has 0 aliphatic heterocycles. The van der Waals surface area contributed by atoms with Gasteiger partial charge in [-0.25, -0.2) is 0 Å². The number of hydrogen-bond donors (Lipinski definition) is 0. The van der Waals surface area contributed by atoms with Gasteiger partial charge in [0.05, 0.1) is 5.69 Å². The highest BCUT2D eigenvalue weighted by Gasteiger charge is 2.14. The predicted octanol–water partition coefficient (Wildman–Crippen LogP) is 3.39. The quantitative estimate of drug-likeness (QED) is 0.816. The number of hydrogen-bond acceptors (Lipinski definition) is 2. The molecule has 0 fully saturated rings. The number of nitrogens with zero attached hydrogens (tertiary/aromatic N) is 3. The van der Waals surface area contributed by atoms with E-state index in [9.17, 15) is 4.79 Å². The first-order valence-electron chi connectivity index (χ1n) is 7.36. The molecule has 0 radical (unpaired) electrons. The van der Waals surface area contributed by atoms with E-state index in [1.165, 1.54) is 5.56 Å². The van der Waals surface area contributed by atoms with Gasteiger partial charge >= 0.3 is 0 Å². The molecule has 0 saturated carbocycles. The summed E-state index contributed by atoms with van der Waals surface area (Å²) in [5, 5.41) is 4.40. The Hall–Kier alpha value is -1.62. The second-order valence-corrected chi connectivity index (χ2v) is 6.47. The third-order valence-corrected chi connectivity index (χ3v) is 4.81. The molecule has 0 saturated heterocycles. The molecule has 4 nitrogen and oxygen atoms in total. The van der Waals surface area contributed by atoms with Gasteiger partial charge in [-0.05, 0) is 37.5 Å². The van der Waals surface area contributed by atoms with Crippen LogP contribution in [0, 0.1) is 13.8 Å². The van der Waals surface area contributed by atoms with Crippen molar-refractivity contribution in [2.24, 2.45) is 7.05 Å². The molecular formula is C17H22BrN3O. The Balaban J connectivity index is 1.96. The fraction of sp³-hybridized carbons (Fsp3) is 0.412. The minimum Gasteiger partial charge on any atom is -0.341 e. The Bertz CT molecular complexity index is 679. The molecule has 1 aromatic heterocycles. The van der Waals surface area contributed by atoms with Crippen LogP contribution < -0.4 is 0 Å². The van der Waals surface area contributed by atoms with Crippen LogP contribution in [-0.4, -0.2) is 27.6 Å². The Labute approximate surface area is 140 Å². The SMILES string of the molecule is Cc1nn(C)c(C)c1CCC(=O)N(C)Cc1ccccc1Br. The molecule has 2 aromatic rings. The zero-order chi connectivity index (χ0) is 16.3. The fourth-order valence-corrected chi connectivity index (χ4v) is 2.98. The summed E-state index contributed by atoms with van der Waals surface area (Å²) in [7, 11) is 3.79. The van der Waals surface area contributed by atoms with Crippen molar-refractivity contribution >= 4 is 21.8 Å². The van der Waals surface area contributed by atoms with Crippen molar-refractivity contribution in [3.63, 3.8) is 0 Å². The summed E-state index contributed by atoms with van der Waals surface area (Å²) in [6.07, 6.45) is 1.25. The molecule has 0 aliphatic rings. The number of aryl methyl sites for hydroxylation is 2. The number of rotatable bonds is 5. The molecular weight excluding hydrogens is 342 g/mol. The van der Waals surface area contributed by atoms with Gasteiger partial charge in [0.1, 0.15) is 0 Å². The molecule has 0 spiro atoms. The maximum absolute atomic E-state index is 12.3.